The van der Waals surface area contributed by atoms with E-state index >= 15 is 0 Å². The third-order valence-electron chi connectivity index (χ3n) is 4.27. The average Bonchev–Trinajstić information content (AvgIpc) is 2.57. The smallest absolute Gasteiger partial charge is 0.387 e. The predicted molar refractivity (Wildman–Crippen MR) is 89.7 cm³/mol. The maximum absolute atomic E-state index is 12.5. The Balaban J connectivity index is 1.77. The topological polar surface area (TPSA) is 58.2 Å². The fourth-order valence-corrected chi connectivity index (χ4v) is 3.11. The van der Waals surface area contributed by atoms with E-state index in [1.54, 1.807) is 18.2 Å². The lowest BCUT2D eigenvalue weighted by Crippen LogP contribution is -2.36. The highest BCUT2D eigenvalue weighted by atomic mass is 19.3. The van der Waals surface area contributed by atoms with Crippen LogP contribution in [0.5, 0.6) is 5.75 Å². The molecule has 1 aliphatic heterocycles. The molecule has 25 heavy (non-hydrogen) atoms. The second-order valence-corrected chi connectivity index (χ2v) is 6.13. The standard InChI is InChI=1S/C18H21F2N3O2/c1-2-5-16-21-14-8-9-23(11-13(14)17(24)22-16)10-12-6-3-4-7-15(12)25-18(19)20/h3-4,6-7,18H,2,5,8-11H2,1H3,(H,21,22,24). The van der Waals surface area contributed by atoms with Gasteiger partial charge in [0.25, 0.3) is 5.56 Å². The number of aromatic nitrogens is 2. The molecule has 1 aliphatic rings. The summed E-state index contributed by atoms with van der Waals surface area (Å²) in [4.78, 5) is 21.8. The minimum Gasteiger partial charge on any atom is -0.434 e. The molecule has 0 saturated heterocycles. The van der Waals surface area contributed by atoms with E-state index in [1.165, 1.54) is 6.07 Å². The Morgan fingerprint density at radius 3 is 2.92 bits per heavy atom. The molecular weight excluding hydrogens is 328 g/mol. The van der Waals surface area contributed by atoms with Crippen molar-refractivity contribution in [1.29, 1.82) is 0 Å². The fourth-order valence-electron chi connectivity index (χ4n) is 3.11. The van der Waals surface area contributed by atoms with Gasteiger partial charge in [-0.1, -0.05) is 25.1 Å². The largest absolute Gasteiger partial charge is 0.434 e. The van der Waals surface area contributed by atoms with E-state index in [-0.39, 0.29) is 11.3 Å². The number of aromatic amines is 1. The van der Waals surface area contributed by atoms with Crippen LogP contribution in [0.2, 0.25) is 0 Å². The van der Waals surface area contributed by atoms with Crippen molar-refractivity contribution in [3.05, 3.63) is 57.3 Å². The summed E-state index contributed by atoms with van der Waals surface area (Å²) in [6.07, 6.45) is 2.35. The zero-order valence-corrected chi connectivity index (χ0v) is 14.1. The van der Waals surface area contributed by atoms with Gasteiger partial charge in [0.1, 0.15) is 11.6 Å². The maximum atomic E-state index is 12.5. The van der Waals surface area contributed by atoms with E-state index in [2.05, 4.69) is 14.7 Å². The van der Waals surface area contributed by atoms with Crippen LogP contribution in [0.4, 0.5) is 8.78 Å². The Kier molecular flexibility index (Phi) is 5.43. The van der Waals surface area contributed by atoms with Crippen molar-refractivity contribution in [1.82, 2.24) is 14.9 Å². The minimum absolute atomic E-state index is 0.102. The number of fused-ring (bicyclic) bond motifs is 1. The molecule has 1 N–H and O–H groups in total. The second-order valence-electron chi connectivity index (χ2n) is 6.13. The molecule has 134 valence electrons. The highest BCUT2D eigenvalue weighted by Crippen LogP contribution is 2.24. The highest BCUT2D eigenvalue weighted by Gasteiger charge is 2.22. The molecule has 0 saturated carbocycles. The number of halogens is 2. The number of nitrogens with one attached hydrogen (secondary N) is 1. The summed E-state index contributed by atoms with van der Waals surface area (Å²) in [7, 11) is 0. The zero-order valence-electron chi connectivity index (χ0n) is 14.1. The Hall–Kier alpha value is -2.28. The number of alkyl halides is 2. The van der Waals surface area contributed by atoms with Gasteiger partial charge in [-0.05, 0) is 12.5 Å². The van der Waals surface area contributed by atoms with Gasteiger partial charge in [0.15, 0.2) is 0 Å². The number of hydrogen-bond donors (Lipinski definition) is 1. The number of benzene rings is 1. The Bertz CT molecular complexity index is 792. The number of para-hydroxylation sites is 1. The van der Waals surface area contributed by atoms with Crippen molar-refractivity contribution in [3.63, 3.8) is 0 Å². The third kappa shape index (κ3) is 4.22. The van der Waals surface area contributed by atoms with Crippen molar-refractivity contribution >= 4 is 0 Å². The van der Waals surface area contributed by atoms with E-state index in [9.17, 15) is 13.6 Å². The Morgan fingerprint density at radius 1 is 1.36 bits per heavy atom. The summed E-state index contributed by atoms with van der Waals surface area (Å²) in [6.45, 7) is 0.802. The first kappa shape index (κ1) is 17.5. The fraction of sp³-hybridized carbons (Fsp3) is 0.444. The first-order chi connectivity index (χ1) is 12.1. The van der Waals surface area contributed by atoms with Crippen molar-refractivity contribution in [2.75, 3.05) is 6.54 Å². The zero-order chi connectivity index (χ0) is 17.8. The van der Waals surface area contributed by atoms with Crippen LogP contribution >= 0.6 is 0 Å². The van der Waals surface area contributed by atoms with Gasteiger partial charge >= 0.3 is 6.61 Å². The molecule has 0 fully saturated rings. The monoisotopic (exact) mass is 349 g/mol. The number of nitrogens with zero attached hydrogens (tertiary/aromatic N) is 2. The van der Waals surface area contributed by atoms with Gasteiger partial charge < -0.3 is 9.72 Å². The van der Waals surface area contributed by atoms with E-state index in [4.69, 9.17) is 0 Å². The molecule has 0 radical (unpaired) electrons. The molecule has 0 bridgehead atoms. The van der Waals surface area contributed by atoms with Gasteiger partial charge in [-0.15, -0.1) is 0 Å². The second kappa shape index (κ2) is 7.74. The molecule has 0 spiro atoms. The van der Waals surface area contributed by atoms with Crippen LogP contribution in [0, 0.1) is 0 Å². The molecule has 1 aromatic carbocycles. The highest BCUT2D eigenvalue weighted by molar-refractivity contribution is 5.33. The molecular formula is C18H21F2N3O2. The summed E-state index contributed by atoms with van der Waals surface area (Å²) in [6, 6.07) is 6.75. The first-order valence-electron chi connectivity index (χ1n) is 8.42. The lowest BCUT2D eigenvalue weighted by atomic mass is 10.1. The van der Waals surface area contributed by atoms with E-state index in [0.29, 0.717) is 30.6 Å². The molecule has 3 rings (SSSR count). The van der Waals surface area contributed by atoms with Gasteiger partial charge in [-0.2, -0.15) is 8.78 Å². The summed E-state index contributed by atoms with van der Waals surface area (Å²) in [5.41, 5.74) is 2.09. The minimum atomic E-state index is -2.85. The van der Waals surface area contributed by atoms with Gasteiger partial charge in [-0.3, -0.25) is 9.69 Å². The number of hydrogen-bond acceptors (Lipinski definition) is 4. The molecule has 0 unspecified atom stereocenters. The van der Waals surface area contributed by atoms with E-state index in [1.807, 2.05) is 11.8 Å². The number of rotatable bonds is 6. The predicted octanol–water partition coefficient (Wildman–Crippen LogP) is 2.88. The average molecular weight is 349 g/mol. The summed E-state index contributed by atoms with van der Waals surface area (Å²) in [5.74, 6) is 0.906. The summed E-state index contributed by atoms with van der Waals surface area (Å²) >= 11 is 0. The molecule has 0 aliphatic carbocycles. The van der Waals surface area contributed by atoms with Crippen molar-refractivity contribution < 1.29 is 13.5 Å². The number of H-pyrrole nitrogens is 1. The molecule has 0 amide bonds. The van der Waals surface area contributed by atoms with Gasteiger partial charge in [-0.25, -0.2) is 4.98 Å². The van der Waals surface area contributed by atoms with Crippen LogP contribution in [0.1, 0.15) is 36.0 Å². The lowest BCUT2D eigenvalue weighted by molar-refractivity contribution is -0.0508. The quantitative estimate of drug-likeness (QED) is 0.871. The maximum Gasteiger partial charge on any atom is 0.387 e. The molecule has 0 atom stereocenters. The molecule has 5 nitrogen and oxygen atoms in total. The van der Waals surface area contributed by atoms with Crippen LogP contribution in [0.15, 0.2) is 29.1 Å². The Labute approximate surface area is 144 Å². The molecule has 2 heterocycles. The van der Waals surface area contributed by atoms with Gasteiger partial charge in [0.2, 0.25) is 0 Å². The third-order valence-corrected chi connectivity index (χ3v) is 4.27. The van der Waals surface area contributed by atoms with Crippen LogP contribution in [0.25, 0.3) is 0 Å². The number of ether oxygens (including phenoxy) is 1. The van der Waals surface area contributed by atoms with Crippen LogP contribution < -0.4 is 10.3 Å². The van der Waals surface area contributed by atoms with Gasteiger partial charge in [0.05, 0.1) is 11.3 Å². The van der Waals surface area contributed by atoms with Gasteiger partial charge in [0, 0.05) is 38.0 Å². The molecule has 2 aromatic rings. The first-order valence-corrected chi connectivity index (χ1v) is 8.42. The molecule has 1 aromatic heterocycles. The van der Waals surface area contributed by atoms with Crippen molar-refractivity contribution in [3.8, 4) is 5.75 Å². The van der Waals surface area contributed by atoms with Crippen LogP contribution in [-0.2, 0) is 25.9 Å². The van der Waals surface area contributed by atoms with Crippen LogP contribution in [-0.4, -0.2) is 28.0 Å². The van der Waals surface area contributed by atoms with Crippen molar-refractivity contribution in [2.24, 2.45) is 0 Å². The van der Waals surface area contributed by atoms with Crippen molar-refractivity contribution in [2.45, 2.75) is 45.9 Å². The summed E-state index contributed by atoms with van der Waals surface area (Å²) < 4.78 is 29.7. The van der Waals surface area contributed by atoms with Crippen LogP contribution in [0.3, 0.4) is 0 Å². The molecule has 7 heteroatoms. The van der Waals surface area contributed by atoms with E-state index < -0.39 is 6.61 Å². The lowest BCUT2D eigenvalue weighted by Gasteiger charge is -2.28. The Morgan fingerprint density at radius 2 is 2.16 bits per heavy atom. The summed E-state index contributed by atoms with van der Waals surface area (Å²) in [5, 5.41) is 0. The number of aryl methyl sites for hydroxylation is 1. The normalized spacial score (nSPS) is 14.6. The SMILES string of the molecule is CCCc1nc2c(c(=O)[nH]1)CN(Cc1ccccc1OC(F)F)CC2. The van der Waals surface area contributed by atoms with E-state index in [0.717, 1.165) is 30.9 Å².